The van der Waals surface area contributed by atoms with Crippen LogP contribution in [0.15, 0.2) is 39.8 Å². The summed E-state index contributed by atoms with van der Waals surface area (Å²) in [5.74, 6) is 0.906. The molecule has 2 aromatic rings. The lowest BCUT2D eigenvalue weighted by atomic mass is 10.2. The van der Waals surface area contributed by atoms with E-state index in [-0.39, 0.29) is 5.97 Å². The first-order valence-electron chi connectivity index (χ1n) is 5.96. The fraction of sp³-hybridized carbons (Fsp3) is 0.267. The summed E-state index contributed by atoms with van der Waals surface area (Å²) in [6.07, 6.45) is 1.52. The quantitative estimate of drug-likeness (QED) is 0.625. The van der Waals surface area contributed by atoms with Crippen LogP contribution in [0.25, 0.3) is 0 Å². The molecule has 0 N–H and O–H groups in total. The summed E-state index contributed by atoms with van der Waals surface area (Å²) in [5.41, 5.74) is 2.98. The molecule has 3 nitrogen and oxygen atoms in total. The second-order valence-corrected chi connectivity index (χ2v) is 5.32. The van der Waals surface area contributed by atoms with Gasteiger partial charge < -0.3 is 9.15 Å². The molecule has 0 spiro atoms. The minimum absolute atomic E-state index is 0.357. The number of hydrogen-bond acceptors (Lipinski definition) is 4. The number of hydrogen-bond donors (Lipinski definition) is 0. The summed E-state index contributed by atoms with van der Waals surface area (Å²) in [4.78, 5) is 12.7. The van der Waals surface area contributed by atoms with Gasteiger partial charge in [-0.05, 0) is 31.5 Å². The van der Waals surface area contributed by atoms with Crippen LogP contribution in [0.3, 0.4) is 0 Å². The van der Waals surface area contributed by atoms with E-state index >= 15 is 0 Å². The topological polar surface area (TPSA) is 39.4 Å². The molecule has 0 amide bonds. The minimum atomic E-state index is -0.357. The third-order valence-corrected chi connectivity index (χ3v) is 4.02. The summed E-state index contributed by atoms with van der Waals surface area (Å²) < 4.78 is 10.1. The molecule has 0 aliphatic heterocycles. The molecule has 1 aromatic carbocycles. The largest absolute Gasteiger partial charge is 0.468 e. The Labute approximate surface area is 117 Å². The molecular weight excluding hydrogens is 260 g/mol. The lowest BCUT2D eigenvalue weighted by molar-refractivity contribution is 0.0598. The molecule has 0 bridgehead atoms. The van der Waals surface area contributed by atoms with Crippen molar-refractivity contribution in [3.05, 3.63) is 53.0 Å². The second kappa shape index (κ2) is 5.97. The van der Waals surface area contributed by atoms with Crippen molar-refractivity contribution in [1.82, 2.24) is 0 Å². The van der Waals surface area contributed by atoms with Gasteiger partial charge in [0.15, 0.2) is 0 Å². The predicted octanol–water partition coefficient (Wildman–Crippen LogP) is 3.98. The molecule has 0 radical (unpaired) electrons. The van der Waals surface area contributed by atoms with E-state index in [9.17, 15) is 4.79 Å². The number of ether oxygens (including phenoxy) is 1. The molecule has 0 aliphatic rings. The zero-order chi connectivity index (χ0) is 13.8. The molecule has 4 heteroatoms. The van der Waals surface area contributed by atoms with Gasteiger partial charge in [0.05, 0.1) is 19.1 Å². The Morgan fingerprint density at radius 1 is 1.32 bits per heavy atom. The SMILES string of the molecule is COC(=O)c1ccoc1CSc1ccc(C)cc1C. The van der Waals surface area contributed by atoms with Gasteiger partial charge in [-0.1, -0.05) is 17.7 Å². The Bertz CT molecular complexity index is 587. The van der Waals surface area contributed by atoms with E-state index in [0.717, 1.165) is 0 Å². The Kier molecular flexibility index (Phi) is 4.32. The van der Waals surface area contributed by atoms with Gasteiger partial charge in [-0.3, -0.25) is 0 Å². The maximum absolute atomic E-state index is 11.5. The molecule has 0 saturated heterocycles. The summed E-state index contributed by atoms with van der Waals surface area (Å²) in [5, 5.41) is 0. The molecule has 2 rings (SSSR count). The molecule has 0 saturated carbocycles. The number of thioether (sulfide) groups is 1. The first-order valence-corrected chi connectivity index (χ1v) is 6.95. The van der Waals surface area contributed by atoms with Crippen LogP contribution in [0.2, 0.25) is 0 Å². The molecule has 1 heterocycles. The molecule has 19 heavy (non-hydrogen) atoms. The van der Waals surface area contributed by atoms with Crippen LogP contribution in [0.5, 0.6) is 0 Å². The fourth-order valence-corrected chi connectivity index (χ4v) is 2.81. The fourth-order valence-electron chi connectivity index (χ4n) is 1.85. The standard InChI is InChI=1S/C15H16O3S/c1-10-4-5-14(11(2)8-10)19-9-13-12(6-7-18-13)15(16)17-3/h4-8H,9H2,1-3H3. The molecule has 1 aromatic heterocycles. The molecule has 0 unspecified atom stereocenters. The van der Waals surface area contributed by atoms with Crippen molar-refractivity contribution >= 4 is 17.7 Å². The van der Waals surface area contributed by atoms with E-state index in [0.29, 0.717) is 17.1 Å². The number of rotatable bonds is 4. The van der Waals surface area contributed by atoms with Crippen molar-refractivity contribution in [3.8, 4) is 0 Å². The van der Waals surface area contributed by atoms with Crippen LogP contribution in [-0.2, 0) is 10.5 Å². The average molecular weight is 276 g/mol. The maximum atomic E-state index is 11.5. The summed E-state index contributed by atoms with van der Waals surface area (Å²) in [6, 6.07) is 7.96. The second-order valence-electron chi connectivity index (χ2n) is 4.31. The number of carbonyl (C=O) groups is 1. The van der Waals surface area contributed by atoms with E-state index in [1.807, 2.05) is 0 Å². The number of carbonyl (C=O) groups excluding carboxylic acids is 1. The highest BCUT2D eigenvalue weighted by atomic mass is 32.2. The van der Waals surface area contributed by atoms with Crippen molar-refractivity contribution in [3.63, 3.8) is 0 Å². The lowest BCUT2D eigenvalue weighted by Crippen LogP contribution is -2.02. The third kappa shape index (κ3) is 3.20. The molecule has 0 fully saturated rings. The Balaban J connectivity index is 2.10. The monoisotopic (exact) mass is 276 g/mol. The van der Waals surface area contributed by atoms with Crippen LogP contribution in [-0.4, -0.2) is 13.1 Å². The number of aryl methyl sites for hydroxylation is 2. The van der Waals surface area contributed by atoms with Gasteiger partial charge in [0, 0.05) is 4.90 Å². The zero-order valence-corrected chi connectivity index (χ0v) is 12.0. The first kappa shape index (κ1) is 13.7. The Hall–Kier alpha value is -1.68. The van der Waals surface area contributed by atoms with E-state index in [1.54, 1.807) is 17.8 Å². The lowest BCUT2D eigenvalue weighted by Gasteiger charge is -2.06. The van der Waals surface area contributed by atoms with E-state index in [4.69, 9.17) is 9.15 Å². The van der Waals surface area contributed by atoms with Gasteiger partial charge in [-0.25, -0.2) is 4.79 Å². The van der Waals surface area contributed by atoms with Crippen molar-refractivity contribution in [1.29, 1.82) is 0 Å². The number of esters is 1. The van der Waals surface area contributed by atoms with E-state index in [1.165, 1.54) is 29.4 Å². The molecule has 100 valence electrons. The summed E-state index contributed by atoms with van der Waals surface area (Å²) in [7, 11) is 1.37. The minimum Gasteiger partial charge on any atom is -0.468 e. The average Bonchev–Trinajstić information content (AvgIpc) is 2.85. The first-order chi connectivity index (χ1) is 9.11. The van der Waals surface area contributed by atoms with E-state index < -0.39 is 0 Å². The van der Waals surface area contributed by atoms with Gasteiger partial charge in [-0.2, -0.15) is 0 Å². The van der Waals surface area contributed by atoms with Crippen LogP contribution < -0.4 is 0 Å². The van der Waals surface area contributed by atoms with Crippen molar-refractivity contribution < 1.29 is 13.9 Å². The molecule has 0 aliphatic carbocycles. The Morgan fingerprint density at radius 2 is 2.11 bits per heavy atom. The van der Waals surface area contributed by atoms with Crippen LogP contribution >= 0.6 is 11.8 Å². The smallest absolute Gasteiger partial charge is 0.341 e. The van der Waals surface area contributed by atoms with Crippen LogP contribution in [0.1, 0.15) is 27.2 Å². The van der Waals surface area contributed by atoms with Gasteiger partial charge in [0.1, 0.15) is 11.3 Å². The number of furan rings is 1. The highest BCUT2D eigenvalue weighted by molar-refractivity contribution is 7.98. The van der Waals surface area contributed by atoms with Gasteiger partial charge in [0.25, 0.3) is 0 Å². The molecular formula is C15H16O3S. The van der Waals surface area contributed by atoms with Crippen molar-refractivity contribution in [2.24, 2.45) is 0 Å². The molecule has 0 atom stereocenters. The van der Waals surface area contributed by atoms with E-state index in [2.05, 4.69) is 32.0 Å². The van der Waals surface area contributed by atoms with Gasteiger partial charge in [0.2, 0.25) is 0 Å². The van der Waals surface area contributed by atoms with Crippen LogP contribution in [0, 0.1) is 13.8 Å². The van der Waals surface area contributed by atoms with Crippen molar-refractivity contribution in [2.45, 2.75) is 24.5 Å². The summed E-state index contributed by atoms with van der Waals surface area (Å²) in [6.45, 7) is 4.15. The number of methoxy groups -OCH3 is 1. The third-order valence-electron chi connectivity index (χ3n) is 2.84. The van der Waals surface area contributed by atoms with Gasteiger partial charge >= 0.3 is 5.97 Å². The highest BCUT2D eigenvalue weighted by Gasteiger charge is 2.15. The highest BCUT2D eigenvalue weighted by Crippen LogP contribution is 2.28. The van der Waals surface area contributed by atoms with Crippen molar-refractivity contribution in [2.75, 3.05) is 7.11 Å². The Morgan fingerprint density at radius 3 is 2.79 bits per heavy atom. The van der Waals surface area contributed by atoms with Gasteiger partial charge in [-0.15, -0.1) is 11.8 Å². The zero-order valence-electron chi connectivity index (χ0n) is 11.2. The normalized spacial score (nSPS) is 10.5. The number of benzene rings is 1. The summed E-state index contributed by atoms with van der Waals surface area (Å²) >= 11 is 1.65. The predicted molar refractivity (Wildman–Crippen MR) is 75.5 cm³/mol. The van der Waals surface area contributed by atoms with Crippen LogP contribution in [0.4, 0.5) is 0 Å². The maximum Gasteiger partial charge on any atom is 0.341 e.